The number of methoxy groups -OCH3 is 2. The molecular weight excluding hydrogens is 273 g/mol. The van der Waals surface area contributed by atoms with Gasteiger partial charge in [-0.1, -0.05) is 0 Å². The van der Waals surface area contributed by atoms with Crippen LogP contribution >= 0.6 is 0 Å². The van der Waals surface area contributed by atoms with Crippen molar-refractivity contribution in [3.63, 3.8) is 0 Å². The Morgan fingerprint density at radius 2 is 2.10 bits per heavy atom. The third-order valence-corrected chi connectivity index (χ3v) is 2.91. The Balaban J connectivity index is 2.23. The SMILES string of the molecule is COc1ccnc(CNc2ccc(F)cc2C#N)c1OC. The van der Waals surface area contributed by atoms with E-state index in [4.69, 9.17) is 14.7 Å². The summed E-state index contributed by atoms with van der Waals surface area (Å²) in [5.41, 5.74) is 1.40. The highest BCUT2D eigenvalue weighted by Gasteiger charge is 2.11. The second-order valence-electron chi connectivity index (χ2n) is 4.15. The van der Waals surface area contributed by atoms with E-state index >= 15 is 0 Å². The molecule has 108 valence electrons. The van der Waals surface area contributed by atoms with E-state index < -0.39 is 5.82 Å². The van der Waals surface area contributed by atoms with Gasteiger partial charge in [-0.3, -0.25) is 4.98 Å². The van der Waals surface area contributed by atoms with Gasteiger partial charge in [0.1, 0.15) is 17.6 Å². The zero-order valence-electron chi connectivity index (χ0n) is 11.7. The molecule has 0 radical (unpaired) electrons. The topological polar surface area (TPSA) is 67.2 Å². The van der Waals surface area contributed by atoms with Gasteiger partial charge in [0.2, 0.25) is 0 Å². The fourth-order valence-electron chi connectivity index (χ4n) is 1.92. The molecule has 0 amide bonds. The number of hydrogen-bond donors (Lipinski definition) is 1. The normalized spacial score (nSPS) is 9.81. The number of nitrogens with one attached hydrogen (secondary N) is 1. The van der Waals surface area contributed by atoms with Crippen LogP contribution < -0.4 is 14.8 Å². The van der Waals surface area contributed by atoms with Crippen LogP contribution in [0, 0.1) is 17.1 Å². The van der Waals surface area contributed by atoms with E-state index in [1.54, 1.807) is 19.4 Å². The lowest BCUT2D eigenvalue weighted by molar-refractivity contribution is 0.350. The molecule has 0 saturated carbocycles. The van der Waals surface area contributed by atoms with Gasteiger partial charge in [-0.25, -0.2) is 4.39 Å². The highest BCUT2D eigenvalue weighted by molar-refractivity contribution is 5.58. The van der Waals surface area contributed by atoms with Crippen molar-refractivity contribution in [3.05, 3.63) is 47.5 Å². The minimum atomic E-state index is -0.450. The van der Waals surface area contributed by atoms with Crippen molar-refractivity contribution in [2.45, 2.75) is 6.54 Å². The maximum absolute atomic E-state index is 13.1. The molecule has 0 spiro atoms. The minimum absolute atomic E-state index is 0.233. The maximum atomic E-state index is 13.1. The third kappa shape index (κ3) is 3.20. The van der Waals surface area contributed by atoms with Gasteiger partial charge in [0.05, 0.1) is 32.0 Å². The molecule has 1 heterocycles. The number of halogens is 1. The van der Waals surface area contributed by atoms with Crippen LogP contribution in [0.15, 0.2) is 30.5 Å². The second kappa shape index (κ2) is 6.57. The molecule has 0 fully saturated rings. The molecule has 21 heavy (non-hydrogen) atoms. The highest BCUT2D eigenvalue weighted by atomic mass is 19.1. The van der Waals surface area contributed by atoms with Gasteiger partial charge in [-0.2, -0.15) is 5.26 Å². The van der Waals surface area contributed by atoms with Gasteiger partial charge in [0.15, 0.2) is 11.5 Å². The Morgan fingerprint density at radius 1 is 1.29 bits per heavy atom. The molecule has 5 nitrogen and oxygen atoms in total. The number of ether oxygens (including phenoxy) is 2. The predicted molar refractivity (Wildman–Crippen MR) is 75.8 cm³/mol. The first-order chi connectivity index (χ1) is 10.2. The molecule has 2 rings (SSSR count). The summed E-state index contributed by atoms with van der Waals surface area (Å²) in [5, 5.41) is 12.1. The lowest BCUT2D eigenvalue weighted by Gasteiger charge is -2.13. The molecule has 2 aromatic rings. The van der Waals surface area contributed by atoms with Crippen molar-refractivity contribution in [2.75, 3.05) is 19.5 Å². The average Bonchev–Trinajstić information content (AvgIpc) is 2.52. The fourth-order valence-corrected chi connectivity index (χ4v) is 1.92. The summed E-state index contributed by atoms with van der Waals surface area (Å²) in [4.78, 5) is 4.22. The number of rotatable bonds is 5. The first-order valence-electron chi connectivity index (χ1n) is 6.19. The number of anilines is 1. The van der Waals surface area contributed by atoms with Gasteiger partial charge in [-0.15, -0.1) is 0 Å². The number of aromatic nitrogens is 1. The number of nitriles is 1. The molecule has 1 aromatic heterocycles. The molecule has 0 atom stereocenters. The van der Waals surface area contributed by atoms with Crippen LogP contribution in [0.25, 0.3) is 0 Å². The van der Waals surface area contributed by atoms with Gasteiger partial charge < -0.3 is 14.8 Å². The first kappa shape index (κ1) is 14.6. The van der Waals surface area contributed by atoms with Gasteiger partial charge in [-0.05, 0) is 18.2 Å². The van der Waals surface area contributed by atoms with Crippen molar-refractivity contribution < 1.29 is 13.9 Å². The van der Waals surface area contributed by atoms with Crippen LogP contribution in [-0.4, -0.2) is 19.2 Å². The lowest BCUT2D eigenvalue weighted by atomic mass is 10.2. The van der Waals surface area contributed by atoms with E-state index in [0.29, 0.717) is 29.4 Å². The second-order valence-corrected chi connectivity index (χ2v) is 4.15. The van der Waals surface area contributed by atoms with E-state index in [-0.39, 0.29) is 5.56 Å². The summed E-state index contributed by atoms with van der Waals surface area (Å²) in [6, 6.07) is 7.62. The molecule has 0 bridgehead atoms. The van der Waals surface area contributed by atoms with Crippen LogP contribution in [0.2, 0.25) is 0 Å². The zero-order chi connectivity index (χ0) is 15.2. The standard InChI is InChI=1S/C15H14FN3O2/c1-20-14-5-6-18-13(15(14)21-2)9-19-12-4-3-11(16)7-10(12)8-17/h3-7,19H,9H2,1-2H3. The van der Waals surface area contributed by atoms with Crippen molar-refractivity contribution in [1.82, 2.24) is 4.98 Å². The number of hydrogen-bond acceptors (Lipinski definition) is 5. The Labute approximate surface area is 122 Å². The molecule has 0 unspecified atom stereocenters. The summed E-state index contributed by atoms with van der Waals surface area (Å²) in [7, 11) is 3.07. The number of nitrogens with zero attached hydrogens (tertiary/aromatic N) is 2. The van der Waals surface area contributed by atoms with Gasteiger partial charge >= 0.3 is 0 Å². The quantitative estimate of drug-likeness (QED) is 0.915. The summed E-state index contributed by atoms with van der Waals surface area (Å²) in [6.45, 7) is 0.320. The highest BCUT2D eigenvalue weighted by Crippen LogP contribution is 2.29. The van der Waals surface area contributed by atoms with E-state index in [1.807, 2.05) is 6.07 Å². The molecule has 0 saturated heterocycles. The molecule has 0 aliphatic carbocycles. The lowest BCUT2D eigenvalue weighted by Crippen LogP contribution is -2.06. The number of pyridine rings is 1. The molecule has 0 aliphatic heterocycles. The van der Waals surface area contributed by atoms with Crippen LogP contribution in [0.3, 0.4) is 0 Å². The predicted octanol–water partition coefficient (Wildman–Crippen LogP) is 2.72. The van der Waals surface area contributed by atoms with Gasteiger partial charge in [0, 0.05) is 12.3 Å². The number of benzene rings is 1. The fraction of sp³-hybridized carbons (Fsp3) is 0.200. The summed E-state index contributed by atoms with van der Waals surface area (Å²) in [6.07, 6.45) is 1.61. The Morgan fingerprint density at radius 3 is 2.76 bits per heavy atom. The molecule has 1 aromatic carbocycles. The monoisotopic (exact) mass is 287 g/mol. The van der Waals surface area contributed by atoms with E-state index in [9.17, 15) is 4.39 Å². The van der Waals surface area contributed by atoms with Crippen LogP contribution in [0.1, 0.15) is 11.3 Å². The average molecular weight is 287 g/mol. The smallest absolute Gasteiger partial charge is 0.184 e. The van der Waals surface area contributed by atoms with E-state index in [0.717, 1.165) is 0 Å². The van der Waals surface area contributed by atoms with Crippen molar-refractivity contribution in [2.24, 2.45) is 0 Å². The zero-order valence-corrected chi connectivity index (χ0v) is 11.7. The maximum Gasteiger partial charge on any atom is 0.184 e. The third-order valence-electron chi connectivity index (χ3n) is 2.91. The Kier molecular flexibility index (Phi) is 4.57. The van der Waals surface area contributed by atoms with Crippen LogP contribution in [0.4, 0.5) is 10.1 Å². The summed E-state index contributed by atoms with van der Waals surface area (Å²) >= 11 is 0. The van der Waals surface area contributed by atoms with Gasteiger partial charge in [0.25, 0.3) is 0 Å². The van der Waals surface area contributed by atoms with Crippen LogP contribution in [-0.2, 0) is 6.54 Å². The van der Waals surface area contributed by atoms with Crippen molar-refractivity contribution in [3.8, 4) is 17.6 Å². The Hall–Kier alpha value is -2.81. The molecule has 0 aliphatic rings. The van der Waals surface area contributed by atoms with Crippen molar-refractivity contribution >= 4 is 5.69 Å². The Bertz CT molecular complexity index is 683. The first-order valence-corrected chi connectivity index (χ1v) is 6.19. The minimum Gasteiger partial charge on any atom is -0.493 e. The molecule has 1 N–H and O–H groups in total. The van der Waals surface area contributed by atoms with E-state index in [1.165, 1.54) is 25.3 Å². The van der Waals surface area contributed by atoms with E-state index in [2.05, 4.69) is 10.3 Å². The summed E-state index contributed by atoms with van der Waals surface area (Å²) < 4.78 is 23.6. The van der Waals surface area contributed by atoms with Crippen molar-refractivity contribution in [1.29, 1.82) is 5.26 Å². The largest absolute Gasteiger partial charge is 0.493 e. The molecular formula is C15H14FN3O2. The summed E-state index contributed by atoms with van der Waals surface area (Å²) in [5.74, 6) is 0.645. The molecule has 6 heteroatoms. The van der Waals surface area contributed by atoms with Crippen LogP contribution in [0.5, 0.6) is 11.5 Å².